The molecule has 0 bridgehead atoms. The highest BCUT2D eigenvalue weighted by molar-refractivity contribution is 5.91. The van der Waals surface area contributed by atoms with Crippen molar-refractivity contribution in [2.24, 2.45) is 0 Å². The van der Waals surface area contributed by atoms with Crippen LogP contribution in [-0.2, 0) is 15.9 Å². The lowest BCUT2D eigenvalue weighted by Gasteiger charge is -2.36. The maximum atomic E-state index is 14.5. The van der Waals surface area contributed by atoms with Crippen molar-refractivity contribution in [3.63, 3.8) is 0 Å². The Bertz CT molecular complexity index is 1320. The zero-order valence-corrected chi connectivity index (χ0v) is 22.4. The molecular formula is C29H36FN3O5. The molecule has 2 fully saturated rings. The summed E-state index contributed by atoms with van der Waals surface area (Å²) in [6, 6.07) is 6.74. The van der Waals surface area contributed by atoms with E-state index in [1.807, 2.05) is 44.5 Å². The van der Waals surface area contributed by atoms with Crippen molar-refractivity contribution in [2.75, 3.05) is 6.61 Å². The maximum absolute atomic E-state index is 14.5. The first-order valence-electron chi connectivity index (χ1n) is 13.4. The molecule has 1 saturated carbocycles. The van der Waals surface area contributed by atoms with E-state index < -0.39 is 17.5 Å². The predicted molar refractivity (Wildman–Crippen MR) is 142 cm³/mol. The number of ether oxygens (including phenoxy) is 3. The summed E-state index contributed by atoms with van der Waals surface area (Å²) in [6.07, 6.45) is 5.99. The fraction of sp³-hybridized carbons (Fsp3) is 0.517. The highest BCUT2D eigenvalue weighted by Gasteiger charge is 2.34. The Morgan fingerprint density at radius 2 is 2.03 bits per heavy atom. The third kappa shape index (κ3) is 5.57. The van der Waals surface area contributed by atoms with Crippen LogP contribution in [0, 0.1) is 5.82 Å². The van der Waals surface area contributed by atoms with Crippen LogP contribution >= 0.6 is 0 Å². The van der Waals surface area contributed by atoms with Gasteiger partial charge in [0.05, 0.1) is 17.1 Å². The number of aromatic nitrogens is 2. The molecule has 2 aromatic carbocycles. The summed E-state index contributed by atoms with van der Waals surface area (Å²) in [7, 11) is 0. The fourth-order valence-corrected chi connectivity index (χ4v) is 5.11. The number of benzene rings is 2. The van der Waals surface area contributed by atoms with Crippen molar-refractivity contribution in [3.8, 4) is 22.6 Å². The largest absolute Gasteiger partial charge is 0.505 e. The van der Waals surface area contributed by atoms with Crippen LogP contribution in [0.3, 0.4) is 0 Å². The average Bonchev–Trinajstić information content (AvgIpc) is 3.27. The van der Waals surface area contributed by atoms with Gasteiger partial charge < -0.3 is 24.6 Å². The molecule has 1 saturated heterocycles. The lowest BCUT2D eigenvalue weighted by Crippen LogP contribution is -2.50. The van der Waals surface area contributed by atoms with E-state index in [4.69, 9.17) is 14.2 Å². The normalized spacial score (nSPS) is 21.7. The molecule has 8 nitrogen and oxygen atoms in total. The van der Waals surface area contributed by atoms with E-state index in [0.29, 0.717) is 37.2 Å². The Hall–Kier alpha value is -3.33. The number of rotatable bonds is 6. The zero-order valence-electron chi connectivity index (χ0n) is 22.4. The molecule has 3 aromatic rings. The van der Waals surface area contributed by atoms with Crippen molar-refractivity contribution >= 4 is 17.0 Å². The first-order valence-corrected chi connectivity index (χ1v) is 13.4. The number of phenolic OH excluding ortho intramolecular Hbond substituents is 1. The van der Waals surface area contributed by atoms with Crippen molar-refractivity contribution in [1.82, 2.24) is 15.1 Å². The van der Waals surface area contributed by atoms with Gasteiger partial charge in [-0.2, -0.15) is 5.10 Å². The molecule has 1 aliphatic carbocycles. The first kappa shape index (κ1) is 26.3. The van der Waals surface area contributed by atoms with Gasteiger partial charge in [0.2, 0.25) is 0 Å². The standard InChI is InChI=1S/C29H36FN3O5/c1-5-17-11-25(34)23(30)15-21(17)18-10-24-22(16-31-33(24)27-8-6-7-9-36-27)26(12-18)37-20-13-19(14-20)32-28(35)38-29(2,3)4/h10-12,15-16,19-20,27,34H,5-9,13-14H2,1-4H3,(H,32,35). The lowest BCUT2D eigenvalue weighted by atomic mass is 9.89. The first-order chi connectivity index (χ1) is 18.1. The number of carbonyl (C=O) groups excluding carboxylic acids is 1. The zero-order chi connectivity index (χ0) is 27.0. The number of alkyl carbamates (subject to hydrolysis) is 1. The molecule has 1 amide bonds. The van der Waals surface area contributed by atoms with E-state index in [1.54, 1.807) is 6.20 Å². The lowest BCUT2D eigenvalue weighted by molar-refractivity contribution is -0.0366. The molecule has 1 aliphatic heterocycles. The second kappa shape index (κ2) is 10.4. The number of amides is 1. The molecule has 1 atom stereocenters. The van der Waals surface area contributed by atoms with Crippen LogP contribution in [0.1, 0.15) is 71.6 Å². The molecule has 1 unspecified atom stereocenters. The van der Waals surface area contributed by atoms with Crippen LogP contribution < -0.4 is 10.1 Å². The molecule has 9 heteroatoms. The van der Waals surface area contributed by atoms with Gasteiger partial charge in [-0.3, -0.25) is 0 Å². The van der Waals surface area contributed by atoms with Gasteiger partial charge in [-0.15, -0.1) is 0 Å². The van der Waals surface area contributed by atoms with Crippen LogP contribution in [0.4, 0.5) is 9.18 Å². The number of hydrogen-bond acceptors (Lipinski definition) is 6. The van der Waals surface area contributed by atoms with Crippen LogP contribution in [-0.4, -0.2) is 45.3 Å². The Kier molecular flexibility index (Phi) is 7.22. The van der Waals surface area contributed by atoms with Crippen LogP contribution in [0.15, 0.2) is 30.5 Å². The summed E-state index contributed by atoms with van der Waals surface area (Å²) in [4.78, 5) is 12.1. The number of carbonyl (C=O) groups is 1. The van der Waals surface area contributed by atoms with E-state index in [0.717, 1.165) is 41.3 Å². The van der Waals surface area contributed by atoms with Crippen LogP contribution in [0.2, 0.25) is 0 Å². The Balaban J connectivity index is 1.45. The van der Waals surface area contributed by atoms with Gasteiger partial charge in [0, 0.05) is 25.5 Å². The van der Waals surface area contributed by atoms with E-state index in [-0.39, 0.29) is 24.1 Å². The number of nitrogens with one attached hydrogen (secondary N) is 1. The van der Waals surface area contributed by atoms with E-state index in [2.05, 4.69) is 10.4 Å². The summed E-state index contributed by atoms with van der Waals surface area (Å²) >= 11 is 0. The van der Waals surface area contributed by atoms with Crippen molar-refractivity contribution in [1.29, 1.82) is 0 Å². The average molecular weight is 526 g/mol. The number of nitrogens with zero attached hydrogens (tertiary/aromatic N) is 2. The highest BCUT2D eigenvalue weighted by atomic mass is 19.1. The van der Waals surface area contributed by atoms with Gasteiger partial charge in [-0.05, 0) is 87.4 Å². The summed E-state index contributed by atoms with van der Waals surface area (Å²) in [5.41, 5.74) is 2.61. The van der Waals surface area contributed by atoms with Crippen LogP contribution in [0.5, 0.6) is 11.5 Å². The molecule has 2 heterocycles. The Morgan fingerprint density at radius 1 is 1.24 bits per heavy atom. The molecule has 0 spiro atoms. The van der Waals surface area contributed by atoms with Gasteiger partial charge in [0.1, 0.15) is 17.5 Å². The summed E-state index contributed by atoms with van der Waals surface area (Å²) in [6.45, 7) is 8.16. The number of phenols is 1. The van der Waals surface area contributed by atoms with Gasteiger partial charge in [-0.25, -0.2) is 13.9 Å². The third-order valence-corrected chi connectivity index (χ3v) is 7.08. The smallest absolute Gasteiger partial charge is 0.407 e. The molecule has 0 radical (unpaired) electrons. The van der Waals surface area contributed by atoms with Gasteiger partial charge in [0.15, 0.2) is 17.8 Å². The van der Waals surface area contributed by atoms with Crippen LogP contribution in [0.25, 0.3) is 22.0 Å². The number of fused-ring (bicyclic) bond motifs is 1. The number of aromatic hydroxyl groups is 1. The van der Waals surface area contributed by atoms with Gasteiger partial charge >= 0.3 is 6.09 Å². The molecule has 2 aliphatic rings. The number of hydrogen-bond donors (Lipinski definition) is 2. The number of halogens is 1. The predicted octanol–water partition coefficient (Wildman–Crippen LogP) is 6.24. The molecule has 1 aromatic heterocycles. The summed E-state index contributed by atoms with van der Waals surface area (Å²) in [5, 5.41) is 18.3. The SMILES string of the molecule is CCc1cc(O)c(F)cc1-c1cc(OC2CC(NC(=O)OC(C)(C)C)C2)c2cnn(C3CCCCO3)c2c1. The fourth-order valence-electron chi connectivity index (χ4n) is 5.11. The number of aryl methyl sites for hydroxylation is 1. The quantitative estimate of drug-likeness (QED) is 0.395. The monoisotopic (exact) mass is 525 g/mol. The molecular weight excluding hydrogens is 489 g/mol. The maximum Gasteiger partial charge on any atom is 0.407 e. The minimum absolute atomic E-state index is 0.0234. The van der Waals surface area contributed by atoms with E-state index in [9.17, 15) is 14.3 Å². The Morgan fingerprint density at radius 3 is 2.71 bits per heavy atom. The highest BCUT2D eigenvalue weighted by Crippen LogP contribution is 2.39. The topological polar surface area (TPSA) is 94.8 Å². The van der Waals surface area contributed by atoms with Crippen molar-refractivity contribution in [2.45, 2.75) is 90.2 Å². The minimum atomic E-state index is -0.668. The van der Waals surface area contributed by atoms with E-state index >= 15 is 0 Å². The van der Waals surface area contributed by atoms with Gasteiger partial charge in [0.25, 0.3) is 0 Å². The second-order valence-electron chi connectivity index (χ2n) is 11.2. The van der Waals surface area contributed by atoms with E-state index in [1.165, 1.54) is 12.1 Å². The molecule has 204 valence electrons. The Labute approximate surface area is 222 Å². The summed E-state index contributed by atoms with van der Waals surface area (Å²) in [5.74, 6) is -0.378. The van der Waals surface area contributed by atoms with Crippen molar-refractivity contribution in [3.05, 3.63) is 41.8 Å². The molecule has 2 N–H and O–H groups in total. The molecule has 38 heavy (non-hydrogen) atoms. The minimum Gasteiger partial charge on any atom is -0.505 e. The van der Waals surface area contributed by atoms with Crippen molar-refractivity contribution < 1.29 is 28.5 Å². The summed E-state index contributed by atoms with van der Waals surface area (Å²) < 4.78 is 34.2. The second-order valence-corrected chi connectivity index (χ2v) is 11.2. The van der Waals surface area contributed by atoms with Gasteiger partial charge in [-0.1, -0.05) is 6.92 Å². The molecule has 5 rings (SSSR count). The third-order valence-electron chi connectivity index (χ3n) is 7.08.